The van der Waals surface area contributed by atoms with E-state index < -0.39 is 39.8 Å². The molecule has 0 aliphatic rings. The Kier molecular flexibility index (Phi) is 7.69. The fourth-order valence-electron chi connectivity index (χ4n) is 2.68. The third-order valence-electron chi connectivity index (χ3n) is 4.74. The lowest BCUT2D eigenvalue weighted by Crippen LogP contribution is -2.29. The van der Waals surface area contributed by atoms with Crippen LogP contribution in [0.5, 0.6) is 0 Å². The second-order valence-corrected chi connectivity index (χ2v) is 10.0. The maximum absolute atomic E-state index is 13.0. The molecule has 2 aromatic rings. The standard InChI is InChI=1S/C25H29N3O7/c1-24(2,3)22(34)27-17-8-13(9-18(12-17)28-23(35)25(4,5)6)19(29)26-16-10-14(20(30)31)7-15(11-16)21(32)33/h7-12H,1-6H3,(H,26,29)(H,27,34)(H,28,35)(H,30,31)(H,32,33)/p-2. The van der Waals surface area contributed by atoms with E-state index in [1.54, 1.807) is 41.5 Å². The van der Waals surface area contributed by atoms with E-state index in [-0.39, 0.29) is 34.4 Å². The average Bonchev–Trinajstić information content (AvgIpc) is 2.71. The zero-order valence-corrected chi connectivity index (χ0v) is 20.3. The molecule has 10 heteroatoms. The van der Waals surface area contributed by atoms with Gasteiger partial charge in [0.15, 0.2) is 0 Å². The van der Waals surface area contributed by atoms with E-state index in [0.29, 0.717) is 0 Å². The van der Waals surface area contributed by atoms with Gasteiger partial charge in [0.2, 0.25) is 11.8 Å². The molecule has 0 spiro atoms. The molecule has 0 aromatic heterocycles. The van der Waals surface area contributed by atoms with Gasteiger partial charge in [-0.25, -0.2) is 0 Å². The Labute approximate surface area is 202 Å². The van der Waals surface area contributed by atoms with Crippen LogP contribution in [0.1, 0.15) is 72.6 Å². The third kappa shape index (κ3) is 7.39. The van der Waals surface area contributed by atoms with Crippen LogP contribution in [0, 0.1) is 10.8 Å². The normalized spacial score (nSPS) is 11.4. The number of hydrogen-bond acceptors (Lipinski definition) is 7. The van der Waals surface area contributed by atoms with Gasteiger partial charge in [0, 0.05) is 33.5 Å². The van der Waals surface area contributed by atoms with Crippen LogP contribution in [0.2, 0.25) is 0 Å². The number of anilines is 3. The predicted molar refractivity (Wildman–Crippen MR) is 126 cm³/mol. The van der Waals surface area contributed by atoms with Crippen LogP contribution < -0.4 is 26.2 Å². The summed E-state index contributed by atoms with van der Waals surface area (Å²) in [5.41, 5.74) is -2.05. The van der Waals surface area contributed by atoms with Crippen LogP contribution in [0.15, 0.2) is 36.4 Å². The van der Waals surface area contributed by atoms with Gasteiger partial charge >= 0.3 is 0 Å². The van der Waals surface area contributed by atoms with Crippen molar-refractivity contribution in [2.75, 3.05) is 16.0 Å². The maximum Gasteiger partial charge on any atom is 0.255 e. The monoisotopic (exact) mass is 481 g/mol. The van der Waals surface area contributed by atoms with Crippen LogP contribution in [0.4, 0.5) is 17.1 Å². The second-order valence-electron chi connectivity index (χ2n) is 10.0. The van der Waals surface area contributed by atoms with E-state index >= 15 is 0 Å². The number of benzene rings is 2. The minimum atomic E-state index is -1.64. The summed E-state index contributed by atoms with van der Waals surface area (Å²) in [4.78, 5) is 60.4. The molecule has 186 valence electrons. The van der Waals surface area contributed by atoms with Gasteiger partial charge < -0.3 is 35.8 Å². The fourth-order valence-corrected chi connectivity index (χ4v) is 2.68. The van der Waals surface area contributed by atoms with E-state index in [4.69, 9.17) is 0 Å². The van der Waals surface area contributed by atoms with E-state index in [1.165, 1.54) is 18.2 Å². The van der Waals surface area contributed by atoms with Gasteiger partial charge in [-0.05, 0) is 47.5 Å². The molecule has 0 aliphatic heterocycles. The molecule has 0 heterocycles. The van der Waals surface area contributed by atoms with E-state index in [1.807, 2.05) is 0 Å². The smallest absolute Gasteiger partial charge is 0.255 e. The van der Waals surface area contributed by atoms with Crippen molar-refractivity contribution in [3.8, 4) is 0 Å². The van der Waals surface area contributed by atoms with Gasteiger partial charge in [-0.2, -0.15) is 0 Å². The van der Waals surface area contributed by atoms with Gasteiger partial charge in [0.05, 0.1) is 11.9 Å². The highest BCUT2D eigenvalue weighted by Gasteiger charge is 2.24. The molecular weight excluding hydrogens is 454 g/mol. The molecule has 3 amide bonds. The largest absolute Gasteiger partial charge is 0.545 e. The Morgan fingerprint density at radius 3 is 1.23 bits per heavy atom. The highest BCUT2D eigenvalue weighted by Crippen LogP contribution is 2.25. The topological polar surface area (TPSA) is 168 Å². The molecular formula is C25H27N3O7-2. The van der Waals surface area contributed by atoms with Crippen molar-refractivity contribution in [1.82, 2.24) is 0 Å². The number of rotatable bonds is 6. The molecule has 0 saturated heterocycles. The summed E-state index contributed by atoms with van der Waals surface area (Å²) < 4.78 is 0. The molecule has 0 atom stereocenters. The lowest BCUT2D eigenvalue weighted by Gasteiger charge is -2.21. The Morgan fingerprint density at radius 2 is 0.886 bits per heavy atom. The molecule has 2 aromatic carbocycles. The lowest BCUT2D eigenvalue weighted by atomic mass is 9.95. The average molecular weight is 482 g/mol. The number of carboxylic acid groups (broad SMARTS) is 2. The highest BCUT2D eigenvalue weighted by atomic mass is 16.4. The molecule has 0 radical (unpaired) electrons. The Morgan fingerprint density at radius 1 is 0.543 bits per heavy atom. The van der Waals surface area contributed by atoms with Crippen LogP contribution in [0.25, 0.3) is 0 Å². The Hall–Kier alpha value is -4.21. The summed E-state index contributed by atoms with van der Waals surface area (Å²) in [5.74, 6) is -4.68. The van der Waals surface area contributed by atoms with Crippen molar-refractivity contribution in [2.24, 2.45) is 10.8 Å². The van der Waals surface area contributed by atoms with Crippen LogP contribution >= 0.6 is 0 Å². The number of carbonyl (C=O) groups is 5. The fraction of sp³-hybridized carbons (Fsp3) is 0.320. The van der Waals surface area contributed by atoms with E-state index in [0.717, 1.165) is 18.2 Å². The maximum atomic E-state index is 13.0. The van der Waals surface area contributed by atoms with Crippen molar-refractivity contribution in [3.05, 3.63) is 53.1 Å². The number of nitrogens with one attached hydrogen (secondary N) is 3. The molecule has 2 rings (SSSR count). The van der Waals surface area contributed by atoms with Gasteiger partial charge in [-0.3, -0.25) is 14.4 Å². The third-order valence-corrected chi connectivity index (χ3v) is 4.74. The summed E-state index contributed by atoms with van der Waals surface area (Å²) >= 11 is 0. The quantitative estimate of drug-likeness (QED) is 0.563. The van der Waals surface area contributed by atoms with Gasteiger partial charge in [-0.15, -0.1) is 0 Å². The van der Waals surface area contributed by atoms with Gasteiger partial charge in [0.1, 0.15) is 0 Å². The van der Waals surface area contributed by atoms with Crippen molar-refractivity contribution in [3.63, 3.8) is 0 Å². The Balaban J connectivity index is 2.48. The first-order valence-corrected chi connectivity index (χ1v) is 10.6. The van der Waals surface area contributed by atoms with Crippen molar-refractivity contribution in [1.29, 1.82) is 0 Å². The molecule has 10 nitrogen and oxygen atoms in total. The predicted octanol–water partition coefficient (Wildman–Crippen LogP) is 1.64. The highest BCUT2D eigenvalue weighted by molar-refractivity contribution is 6.08. The second kappa shape index (κ2) is 9.96. The van der Waals surface area contributed by atoms with Crippen molar-refractivity contribution < 1.29 is 34.2 Å². The number of hydrogen-bond donors (Lipinski definition) is 3. The first kappa shape index (κ1) is 27.0. The molecule has 35 heavy (non-hydrogen) atoms. The van der Waals surface area contributed by atoms with Crippen LogP contribution in [-0.4, -0.2) is 29.7 Å². The summed E-state index contributed by atoms with van der Waals surface area (Å²) in [6, 6.07) is 7.15. The molecule has 3 N–H and O–H groups in total. The number of amides is 3. The summed E-state index contributed by atoms with van der Waals surface area (Å²) in [7, 11) is 0. The number of carboxylic acids is 2. The zero-order chi connectivity index (χ0) is 26.7. The molecule has 0 fully saturated rings. The van der Waals surface area contributed by atoms with Crippen molar-refractivity contribution >= 4 is 46.7 Å². The first-order valence-electron chi connectivity index (χ1n) is 10.6. The molecule has 0 bridgehead atoms. The Bertz CT molecular complexity index is 1130. The SMILES string of the molecule is CC(C)(C)C(=O)Nc1cc(NC(=O)C(C)(C)C)cc(C(=O)Nc2cc(C(=O)[O-])cc(C(=O)[O-])c2)c1. The molecule has 0 saturated carbocycles. The minimum absolute atomic E-state index is 0.00905. The van der Waals surface area contributed by atoms with Crippen LogP contribution in [0.3, 0.4) is 0 Å². The summed E-state index contributed by atoms with van der Waals surface area (Å²) in [6.07, 6.45) is 0. The summed E-state index contributed by atoms with van der Waals surface area (Å²) in [6.45, 7) is 10.3. The van der Waals surface area contributed by atoms with Gasteiger partial charge in [0.25, 0.3) is 5.91 Å². The van der Waals surface area contributed by atoms with Gasteiger partial charge in [-0.1, -0.05) is 41.5 Å². The first-order chi connectivity index (χ1) is 16.0. The summed E-state index contributed by atoms with van der Waals surface area (Å²) in [5, 5.41) is 30.3. The lowest BCUT2D eigenvalue weighted by molar-refractivity contribution is -0.255. The van der Waals surface area contributed by atoms with E-state index in [2.05, 4.69) is 16.0 Å². The van der Waals surface area contributed by atoms with E-state index in [9.17, 15) is 34.2 Å². The van der Waals surface area contributed by atoms with Crippen molar-refractivity contribution in [2.45, 2.75) is 41.5 Å². The molecule has 0 unspecified atom stereocenters. The number of carbonyl (C=O) groups excluding carboxylic acids is 5. The molecule has 0 aliphatic carbocycles. The minimum Gasteiger partial charge on any atom is -0.545 e. The van der Waals surface area contributed by atoms with Crippen LogP contribution in [-0.2, 0) is 9.59 Å². The zero-order valence-electron chi connectivity index (χ0n) is 20.3. The number of aromatic carboxylic acids is 2.